The van der Waals surface area contributed by atoms with Crippen LogP contribution in [0.5, 0.6) is 11.5 Å². The maximum atomic E-state index is 13.4. The van der Waals surface area contributed by atoms with Gasteiger partial charge in [0.25, 0.3) is 0 Å². The Morgan fingerprint density at radius 2 is 1.53 bits per heavy atom. The van der Waals surface area contributed by atoms with Crippen LogP contribution in [-0.4, -0.2) is 43.5 Å². The zero-order valence-electron chi connectivity index (χ0n) is 19.8. The highest BCUT2D eigenvalue weighted by Crippen LogP contribution is 2.19. The standard InChI is InChI=1S/C28H32N2O4/c1-29-28(32)26(20-22-11-5-3-6-12-22)30(21-23-13-9-16-25(19-23)33-2)27(31)17-10-18-34-24-14-7-4-8-15-24/h3-9,11-16,19,26H,10,17-18,20-21H2,1-2H3,(H,29,32). The fourth-order valence-corrected chi connectivity index (χ4v) is 3.76. The van der Waals surface area contributed by atoms with Crippen LogP contribution in [0.3, 0.4) is 0 Å². The Hall–Kier alpha value is -3.80. The second-order valence-corrected chi connectivity index (χ2v) is 7.96. The highest BCUT2D eigenvalue weighted by Gasteiger charge is 2.29. The summed E-state index contributed by atoms with van der Waals surface area (Å²) in [5.74, 6) is 1.20. The van der Waals surface area contributed by atoms with Crippen molar-refractivity contribution in [2.45, 2.75) is 31.8 Å². The summed E-state index contributed by atoms with van der Waals surface area (Å²) in [5.41, 5.74) is 1.89. The van der Waals surface area contributed by atoms with Gasteiger partial charge >= 0.3 is 0 Å². The number of carbonyl (C=O) groups excluding carboxylic acids is 2. The summed E-state index contributed by atoms with van der Waals surface area (Å²) in [7, 11) is 3.21. The van der Waals surface area contributed by atoms with E-state index in [0.717, 1.165) is 16.9 Å². The van der Waals surface area contributed by atoms with Crippen molar-refractivity contribution in [2.75, 3.05) is 20.8 Å². The summed E-state index contributed by atoms with van der Waals surface area (Å²) >= 11 is 0. The number of nitrogens with one attached hydrogen (secondary N) is 1. The number of carbonyl (C=O) groups is 2. The van der Waals surface area contributed by atoms with Crippen LogP contribution in [0, 0.1) is 0 Å². The maximum absolute atomic E-state index is 13.4. The van der Waals surface area contributed by atoms with E-state index in [1.165, 1.54) is 0 Å². The van der Waals surface area contributed by atoms with Gasteiger partial charge in [-0.3, -0.25) is 9.59 Å². The monoisotopic (exact) mass is 460 g/mol. The van der Waals surface area contributed by atoms with Crippen molar-refractivity contribution in [3.8, 4) is 11.5 Å². The average molecular weight is 461 g/mol. The summed E-state index contributed by atoms with van der Waals surface area (Å²) < 4.78 is 11.1. The van der Waals surface area contributed by atoms with Crippen molar-refractivity contribution in [3.05, 3.63) is 96.1 Å². The summed E-state index contributed by atoms with van der Waals surface area (Å²) in [6, 6.07) is 26.2. The van der Waals surface area contributed by atoms with Crippen LogP contribution >= 0.6 is 0 Å². The molecule has 0 fully saturated rings. The lowest BCUT2D eigenvalue weighted by atomic mass is 10.0. The molecule has 0 heterocycles. The molecule has 0 aliphatic carbocycles. The highest BCUT2D eigenvalue weighted by atomic mass is 16.5. The Balaban J connectivity index is 1.77. The van der Waals surface area contributed by atoms with E-state index in [4.69, 9.17) is 9.47 Å². The summed E-state index contributed by atoms with van der Waals surface area (Å²) in [5, 5.41) is 2.74. The molecule has 0 radical (unpaired) electrons. The molecule has 0 spiro atoms. The van der Waals surface area contributed by atoms with Crippen LogP contribution in [-0.2, 0) is 22.6 Å². The first-order valence-electron chi connectivity index (χ1n) is 11.5. The highest BCUT2D eigenvalue weighted by molar-refractivity contribution is 5.87. The summed E-state index contributed by atoms with van der Waals surface area (Å²) in [6.07, 6.45) is 1.25. The smallest absolute Gasteiger partial charge is 0.242 e. The molecule has 3 aromatic rings. The first kappa shape index (κ1) is 24.8. The zero-order valence-corrected chi connectivity index (χ0v) is 19.8. The molecule has 3 rings (SSSR count). The maximum Gasteiger partial charge on any atom is 0.242 e. The Morgan fingerprint density at radius 1 is 0.882 bits per heavy atom. The SMILES string of the molecule is CNC(=O)C(Cc1ccccc1)N(Cc1cccc(OC)c1)C(=O)CCCOc1ccccc1. The van der Waals surface area contributed by atoms with E-state index >= 15 is 0 Å². The molecule has 178 valence electrons. The molecule has 0 aliphatic heterocycles. The van der Waals surface area contributed by atoms with E-state index in [1.807, 2.05) is 84.9 Å². The van der Waals surface area contributed by atoms with Crippen molar-refractivity contribution < 1.29 is 19.1 Å². The van der Waals surface area contributed by atoms with Crippen molar-refractivity contribution in [2.24, 2.45) is 0 Å². The second kappa shape index (κ2) is 13.0. The number of para-hydroxylation sites is 1. The van der Waals surface area contributed by atoms with Crippen LogP contribution in [0.25, 0.3) is 0 Å². The number of hydrogen-bond donors (Lipinski definition) is 1. The molecule has 0 bridgehead atoms. The third-order valence-electron chi connectivity index (χ3n) is 5.55. The predicted octanol–water partition coefficient (Wildman–Crippen LogP) is 4.24. The van der Waals surface area contributed by atoms with E-state index < -0.39 is 6.04 Å². The van der Waals surface area contributed by atoms with Gasteiger partial charge in [-0.05, 0) is 41.8 Å². The van der Waals surface area contributed by atoms with Gasteiger partial charge in [0.05, 0.1) is 13.7 Å². The number of benzene rings is 3. The number of nitrogens with zero attached hydrogens (tertiary/aromatic N) is 1. The molecule has 1 N–H and O–H groups in total. The van der Waals surface area contributed by atoms with Gasteiger partial charge < -0.3 is 19.7 Å². The van der Waals surface area contributed by atoms with Gasteiger partial charge in [0.1, 0.15) is 17.5 Å². The molecule has 2 amide bonds. The van der Waals surface area contributed by atoms with Crippen molar-refractivity contribution in [1.82, 2.24) is 10.2 Å². The molecule has 0 saturated carbocycles. The fourth-order valence-electron chi connectivity index (χ4n) is 3.76. The van der Waals surface area contributed by atoms with Gasteiger partial charge in [0.2, 0.25) is 11.8 Å². The van der Waals surface area contributed by atoms with Crippen LogP contribution < -0.4 is 14.8 Å². The Kier molecular flexibility index (Phi) is 9.52. The van der Waals surface area contributed by atoms with Crippen LogP contribution in [0.1, 0.15) is 24.0 Å². The molecule has 34 heavy (non-hydrogen) atoms. The second-order valence-electron chi connectivity index (χ2n) is 7.96. The molecule has 6 nitrogen and oxygen atoms in total. The number of ether oxygens (including phenoxy) is 2. The molecule has 0 aromatic heterocycles. The van der Waals surface area contributed by atoms with E-state index in [2.05, 4.69) is 5.32 Å². The van der Waals surface area contributed by atoms with Gasteiger partial charge in [-0.2, -0.15) is 0 Å². The third kappa shape index (κ3) is 7.37. The van der Waals surface area contributed by atoms with Crippen molar-refractivity contribution >= 4 is 11.8 Å². The van der Waals surface area contributed by atoms with Crippen molar-refractivity contribution in [1.29, 1.82) is 0 Å². The minimum atomic E-state index is -0.638. The first-order valence-corrected chi connectivity index (χ1v) is 11.5. The van der Waals surface area contributed by atoms with Gasteiger partial charge in [-0.25, -0.2) is 0 Å². The van der Waals surface area contributed by atoms with Crippen LogP contribution in [0.2, 0.25) is 0 Å². The number of amides is 2. The molecule has 0 saturated heterocycles. The molecular formula is C28H32N2O4. The number of rotatable bonds is 12. The zero-order chi connectivity index (χ0) is 24.2. The van der Waals surface area contributed by atoms with E-state index in [1.54, 1.807) is 19.1 Å². The largest absolute Gasteiger partial charge is 0.497 e. The normalized spacial score (nSPS) is 11.4. The molecule has 1 atom stereocenters. The number of hydrogen-bond acceptors (Lipinski definition) is 4. The quantitative estimate of drug-likeness (QED) is 0.411. The van der Waals surface area contributed by atoms with Crippen LogP contribution in [0.4, 0.5) is 0 Å². The minimum Gasteiger partial charge on any atom is -0.497 e. The lowest BCUT2D eigenvalue weighted by molar-refractivity contribution is -0.141. The third-order valence-corrected chi connectivity index (χ3v) is 5.55. The molecule has 6 heteroatoms. The van der Waals surface area contributed by atoms with E-state index in [0.29, 0.717) is 31.7 Å². The number of likely N-dealkylation sites (N-methyl/N-ethyl adjacent to an activating group) is 1. The fraction of sp³-hybridized carbons (Fsp3) is 0.286. The molecule has 0 aliphatic rings. The van der Waals surface area contributed by atoms with Crippen LogP contribution in [0.15, 0.2) is 84.9 Å². The van der Waals surface area contributed by atoms with Gasteiger partial charge in [0.15, 0.2) is 0 Å². The van der Waals surface area contributed by atoms with Gasteiger partial charge in [-0.15, -0.1) is 0 Å². The molecular weight excluding hydrogens is 428 g/mol. The topological polar surface area (TPSA) is 67.9 Å². The Bertz CT molecular complexity index is 1040. The van der Waals surface area contributed by atoms with Gasteiger partial charge in [-0.1, -0.05) is 60.7 Å². The first-order chi connectivity index (χ1) is 16.6. The van der Waals surface area contributed by atoms with Crippen molar-refractivity contribution in [3.63, 3.8) is 0 Å². The minimum absolute atomic E-state index is 0.0935. The average Bonchev–Trinajstić information content (AvgIpc) is 2.89. The van der Waals surface area contributed by atoms with Gasteiger partial charge in [0, 0.05) is 26.4 Å². The molecule has 1 unspecified atom stereocenters. The van der Waals surface area contributed by atoms with E-state index in [9.17, 15) is 9.59 Å². The summed E-state index contributed by atoms with van der Waals surface area (Å²) in [6.45, 7) is 0.729. The molecule has 3 aromatic carbocycles. The van der Waals surface area contributed by atoms with E-state index in [-0.39, 0.29) is 18.2 Å². The predicted molar refractivity (Wildman–Crippen MR) is 133 cm³/mol. The number of methoxy groups -OCH3 is 1. The summed E-state index contributed by atoms with van der Waals surface area (Å²) in [4.78, 5) is 28.0. The Labute approximate surface area is 201 Å². The Morgan fingerprint density at radius 3 is 2.21 bits per heavy atom. The lowest BCUT2D eigenvalue weighted by Crippen LogP contribution is -2.49. The lowest BCUT2D eigenvalue weighted by Gasteiger charge is -2.31.